The number of rotatable bonds is 1. The van der Waals surface area contributed by atoms with E-state index >= 15 is 0 Å². The molecule has 3 nitrogen and oxygen atoms in total. The molecule has 5 atom stereocenters. The number of aliphatic carboxylic acids is 1. The van der Waals surface area contributed by atoms with E-state index in [1.54, 1.807) is 0 Å². The minimum Gasteiger partial charge on any atom is -0.481 e. The summed E-state index contributed by atoms with van der Waals surface area (Å²) in [6.07, 6.45) is 5.20. The minimum absolute atomic E-state index is 0.165. The maximum Gasteiger partial charge on any atom is 0.309 e. The van der Waals surface area contributed by atoms with Gasteiger partial charge in [0.05, 0.1) is 5.41 Å². The molecule has 0 heterocycles. The van der Waals surface area contributed by atoms with E-state index in [0.29, 0.717) is 11.8 Å². The Bertz CT molecular complexity index is 287. The van der Waals surface area contributed by atoms with Crippen molar-refractivity contribution in [3.63, 3.8) is 0 Å². The van der Waals surface area contributed by atoms with Crippen molar-refractivity contribution >= 4 is 5.97 Å². The average Bonchev–Trinajstić information content (AvgIpc) is 2.26. The smallest absolute Gasteiger partial charge is 0.309 e. The first-order chi connectivity index (χ1) is 6.63. The largest absolute Gasteiger partial charge is 0.481 e. The second kappa shape index (κ2) is 2.51. The second-order valence-corrected chi connectivity index (χ2v) is 5.49. The third kappa shape index (κ3) is 0.842. The number of carbonyl (C=O) groups is 1. The lowest BCUT2D eigenvalue weighted by molar-refractivity contribution is -0.156. The van der Waals surface area contributed by atoms with E-state index in [9.17, 15) is 9.90 Å². The number of fused-ring (bicyclic) bond motifs is 2. The lowest BCUT2D eigenvalue weighted by Gasteiger charge is -2.42. The van der Waals surface area contributed by atoms with E-state index in [4.69, 9.17) is 5.73 Å². The Labute approximate surface area is 83.7 Å². The molecule has 3 rings (SSSR count). The van der Waals surface area contributed by atoms with E-state index in [1.165, 1.54) is 12.8 Å². The lowest BCUT2D eigenvalue weighted by Crippen LogP contribution is -2.44. The highest BCUT2D eigenvalue weighted by atomic mass is 16.4. The zero-order chi connectivity index (χ0) is 9.92. The molecule has 5 unspecified atom stereocenters. The van der Waals surface area contributed by atoms with Gasteiger partial charge in [-0.2, -0.15) is 0 Å². The van der Waals surface area contributed by atoms with Crippen molar-refractivity contribution < 1.29 is 9.90 Å². The first-order valence-electron chi connectivity index (χ1n) is 5.62. The van der Waals surface area contributed by atoms with Crippen LogP contribution in [-0.4, -0.2) is 17.1 Å². The fraction of sp³-hybridized carbons (Fsp3) is 0.909. The highest BCUT2D eigenvalue weighted by Crippen LogP contribution is 2.61. The van der Waals surface area contributed by atoms with Crippen molar-refractivity contribution in [1.82, 2.24) is 0 Å². The third-order valence-corrected chi connectivity index (χ3v) is 4.95. The normalized spacial score (nSPS) is 54.9. The molecular formula is C11H17NO2. The Morgan fingerprint density at radius 3 is 2.86 bits per heavy atom. The van der Waals surface area contributed by atoms with E-state index < -0.39 is 11.4 Å². The Hall–Kier alpha value is -0.570. The SMILES string of the molecule is NC1C2CC3CCC1C(C(=O)O)(C3)C2. The number of hydrogen-bond acceptors (Lipinski definition) is 2. The molecule has 3 bridgehead atoms. The summed E-state index contributed by atoms with van der Waals surface area (Å²) in [6.45, 7) is 0. The molecule has 3 heteroatoms. The molecule has 78 valence electrons. The maximum atomic E-state index is 11.4. The fourth-order valence-electron chi connectivity index (χ4n) is 4.39. The summed E-state index contributed by atoms with van der Waals surface area (Å²) >= 11 is 0. The van der Waals surface area contributed by atoms with Gasteiger partial charge < -0.3 is 10.8 Å². The van der Waals surface area contributed by atoms with Crippen LogP contribution in [0.4, 0.5) is 0 Å². The molecule has 3 aliphatic carbocycles. The van der Waals surface area contributed by atoms with E-state index in [-0.39, 0.29) is 12.0 Å². The topological polar surface area (TPSA) is 63.3 Å². The summed E-state index contributed by atoms with van der Waals surface area (Å²) in [5.41, 5.74) is 5.74. The number of carboxylic acids is 1. The van der Waals surface area contributed by atoms with Crippen LogP contribution in [0.2, 0.25) is 0 Å². The molecular weight excluding hydrogens is 178 g/mol. The zero-order valence-corrected chi connectivity index (χ0v) is 8.28. The zero-order valence-electron chi connectivity index (χ0n) is 8.28. The van der Waals surface area contributed by atoms with Crippen LogP contribution < -0.4 is 5.73 Å². The predicted molar refractivity (Wildman–Crippen MR) is 51.6 cm³/mol. The van der Waals surface area contributed by atoms with Crippen molar-refractivity contribution in [3.05, 3.63) is 0 Å². The van der Waals surface area contributed by atoms with Crippen LogP contribution in [0, 0.1) is 23.2 Å². The number of nitrogens with two attached hydrogens (primary N) is 1. The Kier molecular flexibility index (Phi) is 1.56. The Morgan fingerprint density at radius 2 is 2.14 bits per heavy atom. The molecule has 14 heavy (non-hydrogen) atoms. The van der Waals surface area contributed by atoms with Crippen molar-refractivity contribution in [3.8, 4) is 0 Å². The van der Waals surface area contributed by atoms with E-state index in [1.807, 2.05) is 0 Å². The molecule has 3 N–H and O–H groups in total. The molecule has 3 saturated carbocycles. The minimum atomic E-state index is -0.579. The molecule has 0 saturated heterocycles. The average molecular weight is 195 g/mol. The van der Waals surface area contributed by atoms with Crippen LogP contribution in [0.25, 0.3) is 0 Å². The van der Waals surface area contributed by atoms with Gasteiger partial charge in [0.15, 0.2) is 0 Å². The van der Waals surface area contributed by atoms with Crippen molar-refractivity contribution in [2.75, 3.05) is 0 Å². The van der Waals surface area contributed by atoms with Crippen LogP contribution in [0.1, 0.15) is 32.1 Å². The van der Waals surface area contributed by atoms with Gasteiger partial charge in [0.2, 0.25) is 0 Å². The van der Waals surface area contributed by atoms with Crippen molar-refractivity contribution in [2.45, 2.75) is 38.1 Å². The molecule has 0 amide bonds. The summed E-state index contributed by atoms with van der Waals surface area (Å²) in [4.78, 5) is 11.4. The van der Waals surface area contributed by atoms with Gasteiger partial charge in [0.1, 0.15) is 0 Å². The molecule has 0 aliphatic heterocycles. The molecule has 3 aliphatic rings. The van der Waals surface area contributed by atoms with Gasteiger partial charge in [0, 0.05) is 6.04 Å². The summed E-state index contributed by atoms with van der Waals surface area (Å²) in [6, 6.07) is 0.165. The maximum absolute atomic E-state index is 11.4. The quantitative estimate of drug-likeness (QED) is 0.661. The summed E-state index contributed by atoms with van der Waals surface area (Å²) in [5, 5.41) is 9.40. The van der Waals surface area contributed by atoms with Crippen molar-refractivity contribution in [2.24, 2.45) is 28.9 Å². The number of carboxylic acid groups (broad SMARTS) is 1. The first kappa shape index (κ1) is 8.72. The summed E-state index contributed by atoms with van der Waals surface area (Å²) in [5.74, 6) is 0.834. The Morgan fingerprint density at radius 1 is 1.36 bits per heavy atom. The first-order valence-corrected chi connectivity index (χ1v) is 5.62. The van der Waals surface area contributed by atoms with Gasteiger partial charge in [-0.25, -0.2) is 0 Å². The standard InChI is InChI=1S/C11H17NO2/c12-9-7-3-6-1-2-8(9)11(4-6,5-7)10(13)14/h6-9H,1-5,12H2,(H,13,14). The van der Waals surface area contributed by atoms with E-state index in [2.05, 4.69) is 0 Å². The van der Waals surface area contributed by atoms with Crippen molar-refractivity contribution in [1.29, 1.82) is 0 Å². The van der Waals surface area contributed by atoms with Gasteiger partial charge in [-0.15, -0.1) is 0 Å². The monoisotopic (exact) mass is 195 g/mol. The highest BCUT2D eigenvalue weighted by molar-refractivity contribution is 5.76. The van der Waals surface area contributed by atoms with Gasteiger partial charge in [-0.3, -0.25) is 4.79 Å². The molecule has 0 aromatic heterocycles. The lowest BCUT2D eigenvalue weighted by atomic mass is 9.61. The molecule has 0 aromatic carbocycles. The fourth-order valence-corrected chi connectivity index (χ4v) is 4.39. The summed E-state index contributed by atoms with van der Waals surface area (Å²) < 4.78 is 0. The predicted octanol–water partition coefficient (Wildman–Crippen LogP) is 1.22. The highest BCUT2D eigenvalue weighted by Gasteiger charge is 2.62. The summed E-state index contributed by atoms with van der Waals surface area (Å²) in [7, 11) is 0. The number of hydrogen-bond donors (Lipinski definition) is 2. The third-order valence-electron chi connectivity index (χ3n) is 4.95. The van der Waals surface area contributed by atoms with Crippen LogP contribution in [-0.2, 0) is 4.79 Å². The molecule has 3 fully saturated rings. The van der Waals surface area contributed by atoms with Crippen LogP contribution >= 0.6 is 0 Å². The Balaban J connectivity index is 2.05. The van der Waals surface area contributed by atoms with Gasteiger partial charge >= 0.3 is 5.97 Å². The van der Waals surface area contributed by atoms with Crippen LogP contribution in [0.15, 0.2) is 0 Å². The van der Waals surface area contributed by atoms with Crippen LogP contribution in [0.5, 0.6) is 0 Å². The van der Waals surface area contributed by atoms with Gasteiger partial charge in [0.25, 0.3) is 0 Å². The molecule has 0 aromatic rings. The second-order valence-electron chi connectivity index (χ2n) is 5.49. The van der Waals surface area contributed by atoms with E-state index in [0.717, 1.165) is 19.3 Å². The van der Waals surface area contributed by atoms with Gasteiger partial charge in [-0.05, 0) is 43.4 Å². The molecule has 0 spiro atoms. The molecule has 0 radical (unpaired) electrons. The van der Waals surface area contributed by atoms with Gasteiger partial charge in [-0.1, -0.05) is 6.42 Å². The van der Waals surface area contributed by atoms with Crippen LogP contribution in [0.3, 0.4) is 0 Å².